The smallest absolute Gasteiger partial charge is 0.137 e. The maximum absolute atomic E-state index is 4.13. The van der Waals surface area contributed by atoms with Crippen molar-refractivity contribution in [2.75, 3.05) is 6.54 Å². The lowest BCUT2D eigenvalue weighted by molar-refractivity contribution is 0.413. The van der Waals surface area contributed by atoms with Crippen molar-refractivity contribution in [1.29, 1.82) is 0 Å². The van der Waals surface area contributed by atoms with Crippen molar-refractivity contribution in [3.63, 3.8) is 0 Å². The van der Waals surface area contributed by atoms with Crippen LogP contribution >= 0.6 is 0 Å². The van der Waals surface area contributed by atoms with Gasteiger partial charge in [-0.2, -0.15) is 5.10 Å². The van der Waals surface area contributed by atoms with Crippen LogP contribution in [0.1, 0.15) is 37.9 Å². The van der Waals surface area contributed by atoms with Crippen LogP contribution in [0.15, 0.2) is 6.33 Å². The molecule has 16 heavy (non-hydrogen) atoms. The van der Waals surface area contributed by atoms with Gasteiger partial charge >= 0.3 is 0 Å². The molecule has 3 rings (SSSR count). The van der Waals surface area contributed by atoms with E-state index in [1.807, 2.05) is 0 Å². The van der Waals surface area contributed by atoms with Gasteiger partial charge in [0.25, 0.3) is 0 Å². The molecule has 0 radical (unpaired) electrons. The number of aromatic nitrogens is 3. The number of nitrogens with zero attached hydrogens (tertiary/aromatic N) is 2. The van der Waals surface area contributed by atoms with Gasteiger partial charge in [-0.1, -0.05) is 0 Å². The molecule has 2 N–H and O–H groups in total. The molecule has 1 heterocycles. The first-order chi connectivity index (χ1) is 7.93. The normalized spacial score (nSPS) is 20.6. The molecule has 0 bridgehead atoms. The number of hydrogen-bond donors (Lipinski definition) is 2. The average Bonchev–Trinajstić information content (AvgIpc) is 3.20. The van der Waals surface area contributed by atoms with Crippen molar-refractivity contribution >= 4 is 0 Å². The van der Waals surface area contributed by atoms with Crippen LogP contribution in [0.4, 0.5) is 0 Å². The maximum atomic E-state index is 4.13. The predicted molar refractivity (Wildman–Crippen MR) is 61.9 cm³/mol. The lowest BCUT2D eigenvalue weighted by atomic mass is 10.1. The minimum atomic E-state index is 0.828. The highest BCUT2D eigenvalue weighted by molar-refractivity contribution is 4.96. The first kappa shape index (κ1) is 10.3. The van der Waals surface area contributed by atoms with Crippen LogP contribution in [0.2, 0.25) is 0 Å². The molecule has 2 aliphatic carbocycles. The van der Waals surface area contributed by atoms with E-state index >= 15 is 0 Å². The summed E-state index contributed by atoms with van der Waals surface area (Å²) in [4.78, 5) is 4.13. The summed E-state index contributed by atoms with van der Waals surface area (Å²) in [5.41, 5.74) is 0. The van der Waals surface area contributed by atoms with E-state index in [1.54, 1.807) is 6.33 Å². The van der Waals surface area contributed by atoms with E-state index in [9.17, 15) is 0 Å². The molecule has 2 saturated carbocycles. The third-order valence-electron chi connectivity index (χ3n) is 3.70. The molecule has 0 aliphatic heterocycles. The van der Waals surface area contributed by atoms with Crippen molar-refractivity contribution in [3.05, 3.63) is 12.2 Å². The van der Waals surface area contributed by atoms with Gasteiger partial charge in [0.2, 0.25) is 0 Å². The van der Waals surface area contributed by atoms with Crippen LogP contribution in [0, 0.1) is 11.8 Å². The van der Waals surface area contributed by atoms with Crippen LogP contribution < -0.4 is 5.32 Å². The number of aryl methyl sites for hydroxylation is 1. The Labute approximate surface area is 96.2 Å². The van der Waals surface area contributed by atoms with Crippen molar-refractivity contribution in [3.8, 4) is 0 Å². The molecule has 0 amide bonds. The zero-order valence-electron chi connectivity index (χ0n) is 9.65. The second kappa shape index (κ2) is 4.53. The van der Waals surface area contributed by atoms with Crippen LogP contribution in [0.3, 0.4) is 0 Å². The minimum absolute atomic E-state index is 0.828. The first-order valence-electron chi connectivity index (χ1n) is 6.51. The Hall–Kier alpha value is -0.900. The topological polar surface area (TPSA) is 53.6 Å². The summed E-state index contributed by atoms with van der Waals surface area (Å²) in [6.07, 6.45) is 9.57. The number of aromatic amines is 1. The average molecular weight is 220 g/mol. The molecule has 1 aromatic heterocycles. The zero-order chi connectivity index (χ0) is 10.8. The second-order valence-corrected chi connectivity index (χ2v) is 5.19. The van der Waals surface area contributed by atoms with Crippen LogP contribution in [0.25, 0.3) is 0 Å². The van der Waals surface area contributed by atoms with Crippen LogP contribution in [-0.4, -0.2) is 27.8 Å². The molecule has 0 unspecified atom stereocenters. The summed E-state index contributed by atoms with van der Waals surface area (Å²) in [7, 11) is 0. The van der Waals surface area contributed by atoms with Gasteiger partial charge in [-0.15, -0.1) is 0 Å². The summed E-state index contributed by atoms with van der Waals surface area (Å²) in [6, 6.07) is 0.828. The fraction of sp³-hybridized carbons (Fsp3) is 0.833. The van der Waals surface area contributed by atoms with Gasteiger partial charge < -0.3 is 5.32 Å². The van der Waals surface area contributed by atoms with Gasteiger partial charge in [-0.05, 0) is 50.5 Å². The van der Waals surface area contributed by atoms with Gasteiger partial charge in [0, 0.05) is 12.5 Å². The van der Waals surface area contributed by atoms with E-state index in [0.29, 0.717) is 0 Å². The first-order valence-corrected chi connectivity index (χ1v) is 6.51. The maximum Gasteiger partial charge on any atom is 0.137 e. The molecule has 2 aliphatic rings. The molecule has 2 fully saturated rings. The predicted octanol–water partition coefficient (Wildman–Crippen LogP) is 1.52. The molecule has 0 atom stereocenters. The SMILES string of the molecule is c1n[nH]c(CCCNC(C2CC2)C2CC2)n1. The minimum Gasteiger partial charge on any atom is -0.313 e. The van der Waals surface area contributed by atoms with Crippen molar-refractivity contribution in [2.24, 2.45) is 11.8 Å². The molecular formula is C12H20N4. The highest BCUT2D eigenvalue weighted by Crippen LogP contribution is 2.44. The third kappa shape index (κ3) is 2.61. The van der Waals surface area contributed by atoms with Crippen molar-refractivity contribution in [2.45, 2.75) is 44.6 Å². The van der Waals surface area contributed by atoms with Gasteiger partial charge in [-0.25, -0.2) is 4.98 Å². The molecule has 0 aromatic carbocycles. The molecular weight excluding hydrogens is 200 g/mol. The van der Waals surface area contributed by atoms with E-state index in [4.69, 9.17) is 0 Å². The summed E-state index contributed by atoms with van der Waals surface area (Å²) >= 11 is 0. The number of rotatable bonds is 7. The lowest BCUT2D eigenvalue weighted by Gasteiger charge is -2.17. The molecule has 1 aromatic rings. The Morgan fingerprint density at radius 3 is 2.62 bits per heavy atom. The van der Waals surface area contributed by atoms with E-state index < -0.39 is 0 Å². The monoisotopic (exact) mass is 220 g/mol. The van der Waals surface area contributed by atoms with Crippen molar-refractivity contribution in [1.82, 2.24) is 20.5 Å². The molecule has 0 saturated heterocycles. The largest absolute Gasteiger partial charge is 0.313 e. The fourth-order valence-electron chi connectivity index (χ4n) is 2.50. The van der Waals surface area contributed by atoms with E-state index in [-0.39, 0.29) is 0 Å². The van der Waals surface area contributed by atoms with Gasteiger partial charge in [0.15, 0.2) is 0 Å². The summed E-state index contributed by atoms with van der Waals surface area (Å²) in [5.74, 6) is 3.01. The van der Waals surface area contributed by atoms with E-state index in [0.717, 1.165) is 43.1 Å². The third-order valence-corrected chi connectivity index (χ3v) is 3.70. The van der Waals surface area contributed by atoms with E-state index in [2.05, 4.69) is 20.5 Å². The zero-order valence-corrected chi connectivity index (χ0v) is 9.65. The highest BCUT2D eigenvalue weighted by atomic mass is 15.2. The van der Waals surface area contributed by atoms with Crippen molar-refractivity contribution < 1.29 is 0 Å². The Morgan fingerprint density at radius 1 is 1.31 bits per heavy atom. The van der Waals surface area contributed by atoms with Gasteiger partial charge in [0.05, 0.1) is 0 Å². The Balaban J connectivity index is 1.35. The van der Waals surface area contributed by atoms with Gasteiger partial charge in [0.1, 0.15) is 12.2 Å². The van der Waals surface area contributed by atoms with Crippen LogP contribution in [0.5, 0.6) is 0 Å². The standard InChI is InChI=1S/C12H20N4/c1(2-11-14-8-15-16-11)7-13-12(9-3-4-9)10-5-6-10/h8-10,12-13H,1-7H2,(H,14,15,16). The fourth-order valence-corrected chi connectivity index (χ4v) is 2.50. The second-order valence-electron chi connectivity index (χ2n) is 5.19. The van der Waals surface area contributed by atoms with Crippen LogP contribution in [-0.2, 0) is 6.42 Å². The lowest BCUT2D eigenvalue weighted by Crippen LogP contribution is -2.34. The molecule has 88 valence electrons. The number of H-pyrrole nitrogens is 1. The Bertz CT molecular complexity index is 302. The Kier molecular flexibility index (Phi) is 2.91. The quantitative estimate of drug-likeness (QED) is 0.685. The summed E-state index contributed by atoms with van der Waals surface area (Å²) in [6.45, 7) is 1.12. The highest BCUT2D eigenvalue weighted by Gasteiger charge is 2.40. The Morgan fingerprint density at radius 2 is 2.06 bits per heavy atom. The molecule has 4 nitrogen and oxygen atoms in total. The van der Waals surface area contributed by atoms with E-state index in [1.165, 1.54) is 25.7 Å². The number of hydrogen-bond acceptors (Lipinski definition) is 3. The summed E-state index contributed by atoms with van der Waals surface area (Å²) in [5, 5.41) is 10.5. The van der Waals surface area contributed by atoms with Gasteiger partial charge in [-0.3, -0.25) is 5.10 Å². The molecule has 4 heteroatoms. The molecule has 0 spiro atoms. The number of nitrogens with one attached hydrogen (secondary N) is 2. The summed E-state index contributed by atoms with van der Waals surface area (Å²) < 4.78 is 0.